The first-order valence-corrected chi connectivity index (χ1v) is 9.92. The first-order valence-electron chi connectivity index (χ1n) is 9.92. The number of methoxy groups -OCH3 is 1. The number of hydrogen-bond acceptors (Lipinski definition) is 4. The molecule has 2 aromatic rings. The predicted molar refractivity (Wildman–Crippen MR) is 111 cm³/mol. The summed E-state index contributed by atoms with van der Waals surface area (Å²) in [4.78, 5) is 0. The molecule has 148 valence electrons. The van der Waals surface area contributed by atoms with Crippen molar-refractivity contribution in [1.29, 1.82) is 0 Å². The summed E-state index contributed by atoms with van der Waals surface area (Å²) in [6.07, 6.45) is 5.64. The molecule has 0 amide bonds. The molecule has 2 N–H and O–H groups in total. The molecule has 0 saturated carbocycles. The molecule has 4 heteroatoms. The summed E-state index contributed by atoms with van der Waals surface area (Å²) in [5.41, 5.74) is 7.84. The van der Waals surface area contributed by atoms with Crippen molar-refractivity contribution >= 4 is 0 Å². The third-order valence-electron chi connectivity index (χ3n) is 4.60. The standard InChI is InChI=1S/C23H33NO3/c1-19(25-2)15-18-27-23-13-9-21(10-14-23)20-7-11-22(12-8-20)26-17-6-4-3-5-16-24/h7-14,19H,3-6,15-18,24H2,1-2H3. The second-order valence-corrected chi connectivity index (χ2v) is 6.78. The van der Waals surface area contributed by atoms with Crippen molar-refractivity contribution < 1.29 is 14.2 Å². The molecule has 4 nitrogen and oxygen atoms in total. The third kappa shape index (κ3) is 8.02. The van der Waals surface area contributed by atoms with Gasteiger partial charge in [-0.05, 0) is 61.7 Å². The van der Waals surface area contributed by atoms with E-state index in [9.17, 15) is 0 Å². The minimum Gasteiger partial charge on any atom is -0.494 e. The first-order chi connectivity index (χ1) is 13.2. The normalized spacial score (nSPS) is 12.0. The van der Waals surface area contributed by atoms with Crippen LogP contribution >= 0.6 is 0 Å². The van der Waals surface area contributed by atoms with Crippen molar-refractivity contribution in [1.82, 2.24) is 0 Å². The van der Waals surface area contributed by atoms with Gasteiger partial charge in [0.25, 0.3) is 0 Å². The Balaban J connectivity index is 1.77. The van der Waals surface area contributed by atoms with Crippen molar-refractivity contribution in [2.75, 3.05) is 26.9 Å². The Morgan fingerprint density at radius 2 is 1.26 bits per heavy atom. The largest absolute Gasteiger partial charge is 0.494 e. The van der Waals surface area contributed by atoms with Crippen LogP contribution < -0.4 is 15.2 Å². The fraction of sp³-hybridized carbons (Fsp3) is 0.478. The van der Waals surface area contributed by atoms with E-state index >= 15 is 0 Å². The van der Waals surface area contributed by atoms with Crippen LogP contribution in [0.2, 0.25) is 0 Å². The second-order valence-electron chi connectivity index (χ2n) is 6.78. The van der Waals surface area contributed by atoms with Gasteiger partial charge in [-0.3, -0.25) is 0 Å². The van der Waals surface area contributed by atoms with Crippen LogP contribution in [-0.2, 0) is 4.74 Å². The van der Waals surface area contributed by atoms with Crippen molar-refractivity contribution in [3.05, 3.63) is 48.5 Å². The van der Waals surface area contributed by atoms with Gasteiger partial charge in [-0.2, -0.15) is 0 Å². The molecule has 0 saturated heterocycles. The van der Waals surface area contributed by atoms with Gasteiger partial charge < -0.3 is 19.9 Å². The van der Waals surface area contributed by atoms with Gasteiger partial charge in [-0.25, -0.2) is 0 Å². The summed E-state index contributed by atoms with van der Waals surface area (Å²) < 4.78 is 16.8. The molecule has 0 fully saturated rings. The Bertz CT molecular complexity index is 625. The van der Waals surface area contributed by atoms with Gasteiger partial charge in [0.1, 0.15) is 11.5 Å². The van der Waals surface area contributed by atoms with Gasteiger partial charge in [0.2, 0.25) is 0 Å². The SMILES string of the molecule is COC(C)CCOc1ccc(-c2ccc(OCCCCCCN)cc2)cc1. The van der Waals surface area contributed by atoms with Crippen LogP contribution in [0.5, 0.6) is 11.5 Å². The lowest BCUT2D eigenvalue weighted by Crippen LogP contribution is -2.10. The fourth-order valence-electron chi connectivity index (χ4n) is 2.74. The molecule has 27 heavy (non-hydrogen) atoms. The van der Waals surface area contributed by atoms with E-state index in [4.69, 9.17) is 19.9 Å². The van der Waals surface area contributed by atoms with E-state index in [0.29, 0.717) is 6.61 Å². The molecule has 0 aliphatic carbocycles. The molecular formula is C23H33NO3. The zero-order chi connectivity index (χ0) is 19.3. The minimum absolute atomic E-state index is 0.218. The highest BCUT2D eigenvalue weighted by molar-refractivity contribution is 5.64. The van der Waals surface area contributed by atoms with Crippen LogP contribution in [0.25, 0.3) is 11.1 Å². The van der Waals surface area contributed by atoms with Gasteiger partial charge >= 0.3 is 0 Å². The number of hydrogen-bond donors (Lipinski definition) is 1. The van der Waals surface area contributed by atoms with E-state index in [2.05, 4.69) is 24.3 Å². The van der Waals surface area contributed by atoms with Crippen LogP contribution in [0.3, 0.4) is 0 Å². The first kappa shape index (κ1) is 21.3. The van der Waals surface area contributed by atoms with Gasteiger partial charge in [-0.15, -0.1) is 0 Å². The van der Waals surface area contributed by atoms with E-state index in [-0.39, 0.29) is 6.10 Å². The lowest BCUT2D eigenvalue weighted by Gasteiger charge is -2.11. The van der Waals surface area contributed by atoms with Crippen LogP contribution in [0.4, 0.5) is 0 Å². The summed E-state index contributed by atoms with van der Waals surface area (Å²) in [7, 11) is 1.72. The van der Waals surface area contributed by atoms with Crippen molar-refractivity contribution in [2.45, 2.75) is 45.1 Å². The third-order valence-corrected chi connectivity index (χ3v) is 4.60. The smallest absolute Gasteiger partial charge is 0.119 e. The van der Waals surface area contributed by atoms with Crippen LogP contribution in [-0.4, -0.2) is 33.0 Å². The lowest BCUT2D eigenvalue weighted by atomic mass is 10.1. The van der Waals surface area contributed by atoms with E-state index in [0.717, 1.165) is 43.9 Å². The quantitative estimate of drug-likeness (QED) is 0.500. The highest BCUT2D eigenvalue weighted by Crippen LogP contribution is 2.25. The number of benzene rings is 2. The fourth-order valence-corrected chi connectivity index (χ4v) is 2.74. The van der Waals surface area contributed by atoms with E-state index in [1.807, 2.05) is 31.2 Å². The molecule has 0 bridgehead atoms. The number of unbranched alkanes of at least 4 members (excludes halogenated alkanes) is 3. The number of nitrogens with two attached hydrogens (primary N) is 1. The van der Waals surface area contributed by atoms with E-state index < -0.39 is 0 Å². The van der Waals surface area contributed by atoms with Gasteiger partial charge in [0.15, 0.2) is 0 Å². The summed E-state index contributed by atoms with van der Waals surface area (Å²) in [6.45, 7) is 4.24. The highest BCUT2D eigenvalue weighted by atomic mass is 16.5. The molecule has 2 aromatic carbocycles. The Labute approximate surface area is 163 Å². The number of ether oxygens (including phenoxy) is 3. The van der Waals surface area contributed by atoms with Crippen LogP contribution in [0.15, 0.2) is 48.5 Å². The Morgan fingerprint density at radius 3 is 1.78 bits per heavy atom. The molecule has 1 atom stereocenters. The molecule has 0 heterocycles. The molecule has 0 aliphatic heterocycles. The zero-order valence-electron chi connectivity index (χ0n) is 16.7. The second kappa shape index (κ2) is 12.4. The molecule has 2 rings (SSSR count). The maximum atomic E-state index is 5.81. The predicted octanol–water partition coefficient (Wildman–Crippen LogP) is 5.06. The van der Waals surface area contributed by atoms with Crippen LogP contribution in [0, 0.1) is 0 Å². The molecule has 0 spiro atoms. The summed E-state index contributed by atoms with van der Waals surface area (Å²) >= 11 is 0. The monoisotopic (exact) mass is 371 g/mol. The Hall–Kier alpha value is -2.04. The highest BCUT2D eigenvalue weighted by Gasteiger charge is 2.02. The zero-order valence-corrected chi connectivity index (χ0v) is 16.7. The maximum Gasteiger partial charge on any atom is 0.119 e. The van der Waals surface area contributed by atoms with Crippen LogP contribution in [0.1, 0.15) is 39.0 Å². The molecule has 0 aliphatic rings. The topological polar surface area (TPSA) is 53.7 Å². The molecule has 0 radical (unpaired) electrons. The van der Waals surface area contributed by atoms with E-state index in [1.54, 1.807) is 7.11 Å². The Kier molecular flexibility index (Phi) is 9.74. The van der Waals surface area contributed by atoms with Gasteiger partial charge in [0, 0.05) is 13.5 Å². The van der Waals surface area contributed by atoms with Crippen molar-refractivity contribution in [3.63, 3.8) is 0 Å². The lowest BCUT2D eigenvalue weighted by molar-refractivity contribution is 0.0956. The molecular weight excluding hydrogens is 338 g/mol. The molecule has 0 aromatic heterocycles. The molecule has 1 unspecified atom stereocenters. The number of rotatable bonds is 13. The van der Waals surface area contributed by atoms with Crippen molar-refractivity contribution in [3.8, 4) is 22.6 Å². The Morgan fingerprint density at radius 1 is 0.741 bits per heavy atom. The average Bonchev–Trinajstić information content (AvgIpc) is 2.71. The summed E-state index contributed by atoms with van der Waals surface area (Å²) in [6, 6.07) is 16.5. The summed E-state index contributed by atoms with van der Waals surface area (Å²) in [5.74, 6) is 1.81. The van der Waals surface area contributed by atoms with Gasteiger partial charge in [-0.1, -0.05) is 37.1 Å². The van der Waals surface area contributed by atoms with Crippen molar-refractivity contribution in [2.24, 2.45) is 5.73 Å². The van der Waals surface area contributed by atoms with E-state index in [1.165, 1.54) is 24.0 Å². The maximum absolute atomic E-state index is 5.81. The van der Waals surface area contributed by atoms with Gasteiger partial charge in [0.05, 0.1) is 19.3 Å². The average molecular weight is 372 g/mol. The minimum atomic E-state index is 0.218. The summed E-state index contributed by atoms with van der Waals surface area (Å²) in [5, 5.41) is 0.